The van der Waals surface area contributed by atoms with Gasteiger partial charge in [0.05, 0.1) is 28.4 Å². The Bertz CT molecular complexity index is 1260. The summed E-state index contributed by atoms with van der Waals surface area (Å²) in [5.74, 6) is 0.188. The van der Waals surface area contributed by atoms with Gasteiger partial charge in [-0.05, 0) is 12.1 Å². The number of benzene rings is 2. The lowest BCUT2D eigenvalue weighted by Crippen LogP contribution is -2.49. The summed E-state index contributed by atoms with van der Waals surface area (Å²) in [4.78, 5) is 44.3. The van der Waals surface area contributed by atoms with Crippen LogP contribution in [0, 0.1) is 10.1 Å². The van der Waals surface area contributed by atoms with Gasteiger partial charge in [0, 0.05) is 63.1 Å². The summed E-state index contributed by atoms with van der Waals surface area (Å²) in [6.45, 7) is 6.23. The fourth-order valence-corrected chi connectivity index (χ4v) is 4.10. The highest BCUT2D eigenvalue weighted by Gasteiger charge is 2.20. The Morgan fingerprint density at radius 1 is 1.09 bits per heavy atom. The molecule has 2 heterocycles. The molecule has 1 amide bonds. The molecule has 3 aromatic rings. The number of carbonyl (C=O) groups is 1. The van der Waals surface area contributed by atoms with Crippen molar-refractivity contribution in [2.75, 3.05) is 39.3 Å². The Morgan fingerprint density at radius 3 is 2.40 bits per heavy atom. The highest BCUT2D eigenvalue weighted by Crippen LogP contribution is 2.20. The van der Waals surface area contributed by atoms with Crippen molar-refractivity contribution in [1.82, 2.24) is 19.6 Å². The summed E-state index contributed by atoms with van der Waals surface area (Å²) in [6, 6.07) is 15.3. The highest BCUT2D eigenvalue weighted by atomic mass is 16.6. The van der Waals surface area contributed by atoms with E-state index in [9.17, 15) is 19.7 Å². The second-order valence-corrected chi connectivity index (χ2v) is 8.29. The van der Waals surface area contributed by atoms with E-state index in [1.54, 1.807) is 6.21 Å². The van der Waals surface area contributed by atoms with E-state index in [1.165, 1.54) is 28.9 Å². The molecule has 0 unspecified atom stereocenters. The summed E-state index contributed by atoms with van der Waals surface area (Å²) in [6.07, 6.45) is 2.13. The number of nitro benzene ring substituents is 1. The normalized spacial score (nSPS) is 14.5. The predicted molar refractivity (Wildman–Crippen MR) is 134 cm³/mol. The van der Waals surface area contributed by atoms with Crippen molar-refractivity contribution >= 4 is 17.8 Å². The summed E-state index contributed by atoms with van der Waals surface area (Å²) in [7, 11) is 0. The van der Waals surface area contributed by atoms with E-state index >= 15 is 0 Å². The fraction of sp³-hybridized carbons (Fsp3) is 0.320. The molecule has 0 saturated carbocycles. The lowest BCUT2D eigenvalue weighted by atomic mass is 10.1. The molecule has 1 N–H and O–H groups in total. The van der Waals surface area contributed by atoms with Gasteiger partial charge in [0.15, 0.2) is 0 Å². The van der Waals surface area contributed by atoms with Crippen molar-refractivity contribution in [3.05, 3.63) is 80.6 Å². The van der Waals surface area contributed by atoms with Gasteiger partial charge >= 0.3 is 0 Å². The first-order valence-electron chi connectivity index (χ1n) is 11.6. The molecule has 0 bridgehead atoms. The van der Waals surface area contributed by atoms with E-state index in [0.717, 1.165) is 38.3 Å². The minimum atomic E-state index is -0.476. The topological polar surface area (TPSA) is 117 Å². The standard InChI is InChI=1S/C25H28N6O4/c1-2-23(32)29-16-14-28(15-17-29)13-12-26-18-22-24(19-6-4-3-5-7-19)27-30(25(22)33)20-8-10-21(11-9-20)31(34)35/h3-11,18,27H,2,12-17H2,1H3. The number of amides is 1. The third kappa shape index (κ3) is 5.55. The van der Waals surface area contributed by atoms with E-state index in [4.69, 9.17) is 0 Å². The van der Waals surface area contributed by atoms with E-state index in [1.807, 2.05) is 42.2 Å². The van der Waals surface area contributed by atoms with Gasteiger partial charge in [-0.25, -0.2) is 4.68 Å². The molecule has 0 aliphatic carbocycles. The maximum Gasteiger partial charge on any atom is 0.280 e. The van der Waals surface area contributed by atoms with Crippen LogP contribution in [0.25, 0.3) is 16.9 Å². The molecule has 4 rings (SSSR count). The van der Waals surface area contributed by atoms with Crippen LogP contribution in [0.2, 0.25) is 0 Å². The third-order valence-electron chi connectivity index (χ3n) is 6.10. The fourth-order valence-electron chi connectivity index (χ4n) is 4.10. The zero-order chi connectivity index (χ0) is 24.8. The Balaban J connectivity index is 1.51. The summed E-state index contributed by atoms with van der Waals surface area (Å²) in [5, 5.41) is 14.1. The van der Waals surface area contributed by atoms with E-state index in [-0.39, 0.29) is 17.2 Å². The third-order valence-corrected chi connectivity index (χ3v) is 6.10. The molecule has 1 fully saturated rings. The average Bonchev–Trinajstić information content (AvgIpc) is 3.23. The molecule has 10 heteroatoms. The van der Waals surface area contributed by atoms with Gasteiger partial charge in [0.1, 0.15) is 0 Å². The largest absolute Gasteiger partial charge is 0.340 e. The number of aromatic amines is 1. The van der Waals surface area contributed by atoms with Crippen molar-refractivity contribution in [2.24, 2.45) is 4.99 Å². The summed E-state index contributed by atoms with van der Waals surface area (Å²) in [5.41, 5.74) is 2.06. The predicted octanol–water partition coefficient (Wildman–Crippen LogP) is 2.71. The van der Waals surface area contributed by atoms with Crippen molar-refractivity contribution in [3.8, 4) is 16.9 Å². The summed E-state index contributed by atoms with van der Waals surface area (Å²) >= 11 is 0. The Hall–Kier alpha value is -4.05. The number of nitro groups is 1. The van der Waals surface area contributed by atoms with Gasteiger partial charge in [-0.1, -0.05) is 37.3 Å². The van der Waals surface area contributed by atoms with E-state index in [2.05, 4.69) is 15.0 Å². The van der Waals surface area contributed by atoms with Crippen LogP contribution in [0.15, 0.2) is 64.4 Å². The molecule has 182 valence electrons. The van der Waals surface area contributed by atoms with Crippen molar-refractivity contribution in [2.45, 2.75) is 13.3 Å². The number of H-pyrrole nitrogens is 1. The van der Waals surface area contributed by atoms with Crippen LogP contribution in [0.4, 0.5) is 5.69 Å². The van der Waals surface area contributed by atoms with Crippen LogP contribution in [-0.2, 0) is 4.79 Å². The number of piperazine rings is 1. The zero-order valence-electron chi connectivity index (χ0n) is 19.6. The molecule has 2 aromatic carbocycles. The number of carbonyl (C=O) groups excluding carboxylic acids is 1. The average molecular weight is 477 g/mol. The number of aliphatic imine (C=N–C) groups is 1. The minimum Gasteiger partial charge on any atom is -0.340 e. The van der Waals surface area contributed by atoms with Gasteiger partial charge in [-0.15, -0.1) is 0 Å². The van der Waals surface area contributed by atoms with Gasteiger partial charge in [-0.3, -0.25) is 34.7 Å². The maximum atomic E-state index is 13.3. The SMILES string of the molecule is CCC(=O)N1CCN(CCN=Cc2c(-c3ccccc3)[nH]n(-c3ccc([N+](=O)[O-])cc3)c2=O)CC1. The second kappa shape index (κ2) is 10.9. The van der Waals surface area contributed by atoms with Gasteiger partial charge in [0.25, 0.3) is 11.2 Å². The van der Waals surface area contributed by atoms with Crippen LogP contribution in [0.3, 0.4) is 0 Å². The number of hydrogen-bond donors (Lipinski definition) is 1. The van der Waals surface area contributed by atoms with Crippen molar-refractivity contribution in [1.29, 1.82) is 0 Å². The lowest BCUT2D eigenvalue weighted by molar-refractivity contribution is -0.384. The first-order valence-corrected chi connectivity index (χ1v) is 11.6. The Labute approximate surface area is 202 Å². The van der Waals surface area contributed by atoms with Crippen LogP contribution in [0.5, 0.6) is 0 Å². The molecule has 0 spiro atoms. The van der Waals surface area contributed by atoms with E-state index < -0.39 is 4.92 Å². The van der Waals surface area contributed by atoms with Crippen molar-refractivity contribution in [3.63, 3.8) is 0 Å². The van der Waals surface area contributed by atoms with Crippen LogP contribution in [-0.4, -0.2) is 75.9 Å². The first-order chi connectivity index (χ1) is 17.0. The second-order valence-electron chi connectivity index (χ2n) is 8.29. The molecule has 10 nitrogen and oxygen atoms in total. The molecule has 35 heavy (non-hydrogen) atoms. The number of aromatic nitrogens is 2. The van der Waals surface area contributed by atoms with E-state index in [0.29, 0.717) is 29.9 Å². The molecular formula is C25H28N6O4. The molecular weight excluding hydrogens is 448 g/mol. The number of rotatable bonds is 8. The first kappa shape index (κ1) is 24.1. The smallest absolute Gasteiger partial charge is 0.280 e. The van der Waals surface area contributed by atoms with Gasteiger partial charge in [0.2, 0.25) is 5.91 Å². The number of non-ortho nitro benzene ring substituents is 1. The van der Waals surface area contributed by atoms with Crippen LogP contribution in [0.1, 0.15) is 18.9 Å². The van der Waals surface area contributed by atoms with Crippen LogP contribution < -0.4 is 5.56 Å². The molecule has 1 aliphatic heterocycles. The van der Waals surface area contributed by atoms with Gasteiger partial charge < -0.3 is 4.90 Å². The van der Waals surface area contributed by atoms with Crippen molar-refractivity contribution < 1.29 is 9.72 Å². The highest BCUT2D eigenvalue weighted by molar-refractivity contribution is 5.88. The zero-order valence-corrected chi connectivity index (χ0v) is 19.6. The maximum absolute atomic E-state index is 13.3. The lowest BCUT2D eigenvalue weighted by Gasteiger charge is -2.34. The Kier molecular flexibility index (Phi) is 7.51. The molecule has 0 radical (unpaired) electrons. The van der Waals surface area contributed by atoms with Gasteiger partial charge in [-0.2, -0.15) is 0 Å². The number of nitrogens with zero attached hydrogens (tertiary/aromatic N) is 5. The number of nitrogens with one attached hydrogen (secondary N) is 1. The molecule has 1 aromatic heterocycles. The molecule has 0 atom stereocenters. The Morgan fingerprint density at radius 2 is 1.77 bits per heavy atom. The monoisotopic (exact) mass is 476 g/mol. The number of hydrogen-bond acceptors (Lipinski definition) is 6. The molecule has 1 saturated heterocycles. The van der Waals surface area contributed by atoms with Crippen LogP contribution >= 0.6 is 0 Å². The summed E-state index contributed by atoms with van der Waals surface area (Å²) < 4.78 is 1.37. The minimum absolute atomic E-state index is 0.0432. The quantitative estimate of drug-likeness (QED) is 0.305. The molecule has 1 aliphatic rings.